The molecule has 1 aromatic heterocycles. The smallest absolute Gasteiger partial charge is 0.207 e. The van der Waals surface area contributed by atoms with Gasteiger partial charge in [0, 0.05) is 28.3 Å². The molecular formula is C13H13BrFNO2S2. The molecule has 108 valence electrons. The third kappa shape index (κ3) is 3.28. The van der Waals surface area contributed by atoms with Crippen molar-refractivity contribution in [1.82, 2.24) is 4.31 Å². The molecule has 0 aliphatic rings. The van der Waals surface area contributed by atoms with Crippen LogP contribution in [0.3, 0.4) is 0 Å². The van der Waals surface area contributed by atoms with Crippen LogP contribution in [0.2, 0.25) is 0 Å². The Hall–Kier alpha value is -0.760. The lowest BCUT2D eigenvalue weighted by Gasteiger charge is -2.17. The van der Waals surface area contributed by atoms with E-state index < -0.39 is 15.8 Å². The quantitative estimate of drug-likeness (QED) is 0.812. The summed E-state index contributed by atoms with van der Waals surface area (Å²) >= 11 is 4.80. The molecule has 0 saturated carbocycles. The summed E-state index contributed by atoms with van der Waals surface area (Å²) < 4.78 is 40.4. The Morgan fingerprint density at radius 3 is 2.65 bits per heavy atom. The molecule has 0 saturated heterocycles. The standard InChI is InChI=1S/C13H13BrFNO2S2/c1-9-3-4-11(15)6-13(9)20(17,18)16(2)7-12-5-10(14)8-19-12/h3-6,8H,7H2,1-2H3. The highest BCUT2D eigenvalue weighted by Crippen LogP contribution is 2.25. The molecular weight excluding hydrogens is 365 g/mol. The predicted octanol–water partition coefficient (Wildman–Crippen LogP) is 3.78. The maximum Gasteiger partial charge on any atom is 0.243 e. The topological polar surface area (TPSA) is 37.4 Å². The number of hydrogen-bond acceptors (Lipinski definition) is 3. The molecule has 2 rings (SSSR count). The van der Waals surface area contributed by atoms with Crippen LogP contribution >= 0.6 is 27.3 Å². The van der Waals surface area contributed by atoms with Crippen LogP contribution in [0, 0.1) is 12.7 Å². The van der Waals surface area contributed by atoms with Crippen LogP contribution in [0.25, 0.3) is 0 Å². The van der Waals surface area contributed by atoms with Crippen molar-refractivity contribution in [2.24, 2.45) is 0 Å². The fourth-order valence-electron chi connectivity index (χ4n) is 1.76. The number of rotatable bonds is 4. The molecule has 7 heteroatoms. The summed E-state index contributed by atoms with van der Waals surface area (Å²) in [5.41, 5.74) is 0.533. The lowest BCUT2D eigenvalue weighted by Crippen LogP contribution is -2.26. The second kappa shape index (κ2) is 5.93. The first-order chi connectivity index (χ1) is 9.30. The zero-order chi connectivity index (χ0) is 14.9. The second-order valence-electron chi connectivity index (χ2n) is 4.40. The maximum atomic E-state index is 13.3. The zero-order valence-electron chi connectivity index (χ0n) is 10.9. The highest BCUT2D eigenvalue weighted by atomic mass is 79.9. The Balaban J connectivity index is 2.32. The Labute approximate surface area is 130 Å². The average Bonchev–Trinajstić information content (AvgIpc) is 2.77. The molecule has 2 aromatic rings. The summed E-state index contributed by atoms with van der Waals surface area (Å²) in [5.74, 6) is -0.554. The van der Waals surface area contributed by atoms with Crippen molar-refractivity contribution in [2.75, 3.05) is 7.05 Å². The Morgan fingerprint density at radius 1 is 1.35 bits per heavy atom. The molecule has 0 radical (unpaired) electrons. The average molecular weight is 378 g/mol. The predicted molar refractivity (Wildman–Crippen MR) is 81.8 cm³/mol. The normalized spacial score (nSPS) is 12.1. The SMILES string of the molecule is Cc1ccc(F)cc1S(=O)(=O)N(C)Cc1cc(Br)cs1. The van der Waals surface area contributed by atoms with Gasteiger partial charge >= 0.3 is 0 Å². The van der Waals surface area contributed by atoms with Crippen LogP contribution in [0.4, 0.5) is 4.39 Å². The van der Waals surface area contributed by atoms with Crippen LogP contribution < -0.4 is 0 Å². The fourth-order valence-corrected chi connectivity index (χ4v) is 4.73. The molecule has 0 unspecified atom stereocenters. The van der Waals surface area contributed by atoms with E-state index in [0.717, 1.165) is 15.4 Å². The van der Waals surface area contributed by atoms with E-state index in [2.05, 4.69) is 15.9 Å². The second-order valence-corrected chi connectivity index (χ2v) is 8.33. The molecule has 0 fully saturated rings. The third-order valence-electron chi connectivity index (χ3n) is 2.84. The van der Waals surface area contributed by atoms with Gasteiger partial charge in [-0.15, -0.1) is 11.3 Å². The summed E-state index contributed by atoms with van der Waals surface area (Å²) in [5, 5.41) is 1.89. The lowest BCUT2D eigenvalue weighted by atomic mass is 10.2. The van der Waals surface area contributed by atoms with Crippen molar-refractivity contribution < 1.29 is 12.8 Å². The maximum absolute atomic E-state index is 13.3. The van der Waals surface area contributed by atoms with Gasteiger partial charge in [-0.1, -0.05) is 6.07 Å². The number of thiophene rings is 1. The van der Waals surface area contributed by atoms with Crippen molar-refractivity contribution in [3.8, 4) is 0 Å². The van der Waals surface area contributed by atoms with Gasteiger partial charge in [-0.05, 0) is 46.6 Å². The van der Waals surface area contributed by atoms with E-state index in [1.54, 1.807) is 6.92 Å². The fraction of sp³-hybridized carbons (Fsp3) is 0.231. The third-order valence-corrected chi connectivity index (χ3v) is 6.47. The van der Waals surface area contributed by atoms with Gasteiger partial charge in [-0.3, -0.25) is 0 Å². The van der Waals surface area contributed by atoms with Gasteiger partial charge < -0.3 is 0 Å². The number of aryl methyl sites for hydroxylation is 1. The van der Waals surface area contributed by atoms with Gasteiger partial charge in [0.1, 0.15) is 5.82 Å². The molecule has 0 bridgehead atoms. The van der Waals surface area contributed by atoms with E-state index in [0.29, 0.717) is 5.56 Å². The monoisotopic (exact) mass is 377 g/mol. The molecule has 0 spiro atoms. The molecule has 0 N–H and O–H groups in total. The first kappa shape index (κ1) is 15.6. The minimum atomic E-state index is -3.70. The van der Waals surface area contributed by atoms with Crippen LogP contribution in [0.1, 0.15) is 10.4 Å². The summed E-state index contributed by atoms with van der Waals surface area (Å²) in [6, 6.07) is 5.66. The molecule has 0 atom stereocenters. The number of nitrogens with zero attached hydrogens (tertiary/aromatic N) is 1. The largest absolute Gasteiger partial charge is 0.243 e. The first-order valence-corrected chi connectivity index (χ1v) is 8.87. The highest BCUT2D eigenvalue weighted by Gasteiger charge is 2.23. The summed E-state index contributed by atoms with van der Waals surface area (Å²) in [7, 11) is -2.20. The number of sulfonamides is 1. The molecule has 0 aliphatic carbocycles. The molecule has 0 amide bonds. The first-order valence-electron chi connectivity index (χ1n) is 5.76. The van der Waals surface area contributed by atoms with Crippen molar-refractivity contribution in [2.45, 2.75) is 18.4 Å². The van der Waals surface area contributed by atoms with Gasteiger partial charge in [-0.25, -0.2) is 12.8 Å². The van der Waals surface area contributed by atoms with E-state index in [1.165, 1.54) is 34.8 Å². The van der Waals surface area contributed by atoms with Gasteiger partial charge in [0.25, 0.3) is 0 Å². The van der Waals surface area contributed by atoms with E-state index in [9.17, 15) is 12.8 Å². The molecule has 1 heterocycles. The van der Waals surface area contributed by atoms with Gasteiger partial charge in [0.15, 0.2) is 0 Å². The van der Waals surface area contributed by atoms with Gasteiger partial charge in [0.05, 0.1) is 4.90 Å². The summed E-state index contributed by atoms with van der Waals surface area (Å²) in [4.78, 5) is 0.924. The Morgan fingerprint density at radius 2 is 2.05 bits per heavy atom. The molecule has 1 aromatic carbocycles. The summed E-state index contributed by atoms with van der Waals surface area (Å²) in [6.07, 6.45) is 0. The number of hydrogen-bond donors (Lipinski definition) is 0. The van der Waals surface area contributed by atoms with Crippen molar-refractivity contribution in [1.29, 1.82) is 0 Å². The van der Waals surface area contributed by atoms with Crippen LogP contribution in [-0.2, 0) is 16.6 Å². The van der Waals surface area contributed by atoms with Crippen molar-refractivity contribution >= 4 is 37.3 Å². The number of benzene rings is 1. The van der Waals surface area contributed by atoms with Crippen molar-refractivity contribution in [3.63, 3.8) is 0 Å². The van der Waals surface area contributed by atoms with Crippen LogP contribution in [0.5, 0.6) is 0 Å². The lowest BCUT2D eigenvalue weighted by molar-refractivity contribution is 0.468. The van der Waals surface area contributed by atoms with Crippen LogP contribution in [-0.4, -0.2) is 19.8 Å². The molecule has 0 aliphatic heterocycles. The van der Waals surface area contributed by atoms with E-state index in [1.807, 2.05) is 11.4 Å². The van der Waals surface area contributed by atoms with Crippen LogP contribution in [0.15, 0.2) is 39.0 Å². The van der Waals surface area contributed by atoms with Gasteiger partial charge in [0.2, 0.25) is 10.0 Å². The minimum Gasteiger partial charge on any atom is -0.207 e. The molecule has 3 nitrogen and oxygen atoms in total. The highest BCUT2D eigenvalue weighted by molar-refractivity contribution is 9.10. The Bertz CT molecular complexity index is 728. The van der Waals surface area contributed by atoms with E-state index in [4.69, 9.17) is 0 Å². The molecule has 20 heavy (non-hydrogen) atoms. The Kier molecular flexibility index (Phi) is 4.63. The summed E-state index contributed by atoms with van der Waals surface area (Å²) in [6.45, 7) is 1.91. The van der Waals surface area contributed by atoms with Crippen molar-refractivity contribution in [3.05, 3.63) is 50.4 Å². The van der Waals surface area contributed by atoms with E-state index in [-0.39, 0.29) is 11.4 Å². The minimum absolute atomic E-state index is 0.00984. The van der Waals surface area contributed by atoms with Gasteiger partial charge in [-0.2, -0.15) is 4.31 Å². The van der Waals surface area contributed by atoms with E-state index >= 15 is 0 Å². The zero-order valence-corrected chi connectivity index (χ0v) is 14.1. The number of halogens is 2.